The summed E-state index contributed by atoms with van der Waals surface area (Å²) in [6.07, 6.45) is 9.10. The molecule has 0 unspecified atom stereocenters. The van der Waals surface area contributed by atoms with Crippen molar-refractivity contribution in [3.8, 4) is 0 Å². The second-order valence-electron chi connectivity index (χ2n) is 6.55. The predicted molar refractivity (Wildman–Crippen MR) is 121 cm³/mol. The third kappa shape index (κ3) is 13.2. The van der Waals surface area contributed by atoms with Crippen LogP contribution in [0.4, 0.5) is 5.69 Å². The molecule has 0 radical (unpaired) electrons. The molecule has 8 heteroatoms. The Hall–Kier alpha value is -1.01. The highest BCUT2D eigenvalue weighted by Crippen LogP contribution is 2.27. The molecule has 0 aliphatic heterocycles. The second kappa shape index (κ2) is 14.0. The van der Waals surface area contributed by atoms with Crippen LogP contribution in [0.1, 0.15) is 57.4 Å². The van der Waals surface area contributed by atoms with Crippen molar-refractivity contribution in [3.05, 3.63) is 35.9 Å². The number of hydrogen-bond acceptors (Lipinski definition) is 3. The number of anilines is 1. The minimum atomic E-state index is -2.50. The molecule has 0 bridgehead atoms. The molecule has 1 N–H and O–H groups in total. The summed E-state index contributed by atoms with van der Waals surface area (Å²) in [5, 5.41) is 2.85. The third-order valence-electron chi connectivity index (χ3n) is 3.96. The van der Waals surface area contributed by atoms with Gasteiger partial charge in [0.1, 0.15) is 0 Å². The fraction of sp³-hybridized carbons (Fsp3) is 0.500. The zero-order valence-corrected chi connectivity index (χ0v) is 19.5. The number of benzene rings is 1. The molecular weight excluding hydrogens is 437 g/mol. The number of ether oxygens (including phenoxy) is 1. The van der Waals surface area contributed by atoms with Crippen LogP contribution in [0.3, 0.4) is 0 Å². The van der Waals surface area contributed by atoms with Gasteiger partial charge in [-0.3, -0.25) is 4.79 Å². The SMILES string of the molecule is CCCCC(=O)Nc1ccc(/C=C/C(=O)OCCCCCC[Si](Cl)(Cl)Cl)cc1. The lowest BCUT2D eigenvalue weighted by Gasteiger charge is -2.07. The van der Waals surface area contributed by atoms with Gasteiger partial charge in [-0.1, -0.05) is 44.7 Å². The first-order valence-corrected chi connectivity index (χ1v) is 14.9. The quantitative estimate of drug-likeness (QED) is 0.118. The van der Waals surface area contributed by atoms with Gasteiger partial charge in [-0.2, -0.15) is 0 Å². The number of carbonyl (C=O) groups excluding carboxylic acids is 2. The molecule has 0 saturated carbocycles. The fourth-order valence-corrected chi connectivity index (χ4v) is 4.26. The average Bonchev–Trinajstić information content (AvgIpc) is 2.64. The molecule has 1 rings (SSSR count). The number of unbranched alkanes of at least 4 members (excludes halogenated alkanes) is 4. The number of rotatable bonds is 13. The van der Waals surface area contributed by atoms with Crippen molar-refractivity contribution in [1.82, 2.24) is 0 Å². The highest BCUT2D eigenvalue weighted by atomic mass is 35.8. The number of amides is 1. The van der Waals surface area contributed by atoms with E-state index in [1.807, 2.05) is 24.3 Å². The van der Waals surface area contributed by atoms with E-state index in [0.717, 1.165) is 49.8 Å². The van der Waals surface area contributed by atoms with E-state index in [4.69, 9.17) is 38.0 Å². The van der Waals surface area contributed by atoms with E-state index < -0.39 is 6.00 Å². The number of hydrogen-bond donors (Lipinski definition) is 1. The lowest BCUT2D eigenvalue weighted by Crippen LogP contribution is -2.10. The smallest absolute Gasteiger partial charge is 0.341 e. The zero-order chi connectivity index (χ0) is 20.8. The van der Waals surface area contributed by atoms with Crippen molar-refractivity contribution < 1.29 is 14.3 Å². The first kappa shape index (κ1) is 25.0. The van der Waals surface area contributed by atoms with Crippen LogP contribution in [0.2, 0.25) is 6.04 Å². The van der Waals surface area contributed by atoms with Gasteiger partial charge in [-0.15, -0.1) is 33.2 Å². The minimum Gasteiger partial charge on any atom is -0.463 e. The molecule has 1 aromatic carbocycles. The van der Waals surface area contributed by atoms with Gasteiger partial charge >= 0.3 is 12.0 Å². The van der Waals surface area contributed by atoms with Crippen LogP contribution in [-0.4, -0.2) is 24.5 Å². The van der Waals surface area contributed by atoms with E-state index in [9.17, 15) is 9.59 Å². The topological polar surface area (TPSA) is 55.4 Å². The molecule has 4 nitrogen and oxygen atoms in total. The summed E-state index contributed by atoms with van der Waals surface area (Å²) < 4.78 is 5.17. The number of nitrogens with one attached hydrogen (secondary N) is 1. The minimum absolute atomic E-state index is 0.0168. The van der Waals surface area contributed by atoms with Crippen LogP contribution in [0.5, 0.6) is 0 Å². The summed E-state index contributed by atoms with van der Waals surface area (Å²) in [5.41, 5.74) is 1.61. The highest BCUT2D eigenvalue weighted by Gasteiger charge is 2.23. The fourth-order valence-electron chi connectivity index (χ4n) is 2.40. The third-order valence-corrected chi connectivity index (χ3v) is 6.58. The van der Waals surface area contributed by atoms with E-state index in [2.05, 4.69) is 12.2 Å². The van der Waals surface area contributed by atoms with E-state index in [0.29, 0.717) is 19.1 Å². The number of esters is 1. The zero-order valence-electron chi connectivity index (χ0n) is 16.2. The van der Waals surface area contributed by atoms with Gasteiger partial charge < -0.3 is 10.1 Å². The molecule has 0 aliphatic rings. The maximum Gasteiger partial charge on any atom is 0.341 e. The Morgan fingerprint density at radius 2 is 1.71 bits per heavy atom. The molecule has 1 aromatic rings. The Labute approximate surface area is 182 Å². The van der Waals surface area contributed by atoms with Crippen molar-refractivity contribution >= 4 is 62.9 Å². The molecule has 0 spiro atoms. The lowest BCUT2D eigenvalue weighted by molar-refractivity contribution is -0.137. The summed E-state index contributed by atoms with van der Waals surface area (Å²) in [5.74, 6) is -0.353. The normalized spacial score (nSPS) is 11.6. The molecule has 0 fully saturated rings. The number of carbonyl (C=O) groups is 2. The molecule has 0 atom stereocenters. The van der Waals surface area contributed by atoms with E-state index in [1.54, 1.807) is 6.08 Å². The summed E-state index contributed by atoms with van der Waals surface area (Å²) >= 11 is 17.5. The Morgan fingerprint density at radius 1 is 1.04 bits per heavy atom. The summed E-state index contributed by atoms with van der Waals surface area (Å²) in [6.45, 7) is 2.44. The largest absolute Gasteiger partial charge is 0.463 e. The Balaban J connectivity index is 2.22. The summed E-state index contributed by atoms with van der Waals surface area (Å²) in [7, 11) is 0. The first-order valence-electron chi connectivity index (χ1n) is 9.61. The van der Waals surface area contributed by atoms with Crippen LogP contribution in [0, 0.1) is 0 Å². The molecular formula is C20H28Cl3NO3Si. The van der Waals surface area contributed by atoms with Crippen LogP contribution in [-0.2, 0) is 14.3 Å². The van der Waals surface area contributed by atoms with Gasteiger partial charge in [0.25, 0.3) is 0 Å². The molecule has 0 heterocycles. The first-order chi connectivity index (χ1) is 13.3. The van der Waals surface area contributed by atoms with Crippen molar-refractivity contribution in [2.75, 3.05) is 11.9 Å². The Kier molecular flexibility index (Phi) is 12.6. The molecule has 1 amide bonds. The monoisotopic (exact) mass is 463 g/mol. The van der Waals surface area contributed by atoms with Gasteiger partial charge in [-0.05, 0) is 42.7 Å². The van der Waals surface area contributed by atoms with Crippen LogP contribution < -0.4 is 5.32 Å². The highest BCUT2D eigenvalue weighted by molar-refractivity contribution is 7.64. The number of halogens is 3. The van der Waals surface area contributed by atoms with Gasteiger partial charge in [-0.25, -0.2) is 4.79 Å². The van der Waals surface area contributed by atoms with E-state index in [-0.39, 0.29) is 11.9 Å². The molecule has 0 saturated heterocycles. The van der Waals surface area contributed by atoms with Crippen molar-refractivity contribution in [2.24, 2.45) is 0 Å². The van der Waals surface area contributed by atoms with Gasteiger partial charge in [0.15, 0.2) is 0 Å². The predicted octanol–water partition coefficient (Wildman–Crippen LogP) is 6.59. The van der Waals surface area contributed by atoms with Gasteiger partial charge in [0.2, 0.25) is 5.91 Å². The van der Waals surface area contributed by atoms with Gasteiger partial charge in [0.05, 0.1) is 6.61 Å². The van der Waals surface area contributed by atoms with E-state index >= 15 is 0 Å². The summed E-state index contributed by atoms with van der Waals surface area (Å²) in [6, 6.07) is 5.48. The second-order valence-corrected chi connectivity index (χ2v) is 15.8. The maximum atomic E-state index is 11.7. The molecule has 28 heavy (non-hydrogen) atoms. The lowest BCUT2D eigenvalue weighted by atomic mass is 10.2. The molecule has 0 aliphatic carbocycles. The molecule has 156 valence electrons. The van der Waals surface area contributed by atoms with Gasteiger partial charge in [0, 0.05) is 18.2 Å². The standard InChI is InChI=1S/C20H28Cl3NO3Si/c1-2-3-8-19(25)24-18-12-9-17(10-13-18)11-14-20(26)27-15-6-4-5-7-16-28(21,22)23/h9-14H,2-8,15-16H2,1H3,(H,24,25)/b14-11+. The van der Waals surface area contributed by atoms with Crippen molar-refractivity contribution in [3.63, 3.8) is 0 Å². The average molecular weight is 465 g/mol. The van der Waals surface area contributed by atoms with Crippen molar-refractivity contribution in [2.45, 2.75) is 57.9 Å². The molecule has 0 aromatic heterocycles. The van der Waals surface area contributed by atoms with Crippen LogP contribution in [0.15, 0.2) is 30.3 Å². The summed E-state index contributed by atoms with van der Waals surface area (Å²) in [4.78, 5) is 23.4. The van der Waals surface area contributed by atoms with Crippen LogP contribution >= 0.6 is 33.2 Å². The Bertz CT molecular complexity index is 631. The van der Waals surface area contributed by atoms with Crippen molar-refractivity contribution in [1.29, 1.82) is 0 Å². The Morgan fingerprint density at radius 3 is 2.36 bits per heavy atom. The maximum absolute atomic E-state index is 11.7. The van der Waals surface area contributed by atoms with Crippen LogP contribution in [0.25, 0.3) is 6.08 Å². The van der Waals surface area contributed by atoms with E-state index in [1.165, 1.54) is 6.08 Å².